The van der Waals surface area contributed by atoms with Crippen LogP contribution in [0.5, 0.6) is 0 Å². The van der Waals surface area contributed by atoms with Crippen LogP contribution in [0.4, 0.5) is 0 Å². The van der Waals surface area contributed by atoms with Crippen molar-refractivity contribution in [1.82, 2.24) is 0 Å². The number of fused-ring (bicyclic) bond motifs is 10. The first-order valence-electron chi connectivity index (χ1n) is 8.63. The van der Waals surface area contributed by atoms with Gasteiger partial charge in [0.2, 0.25) is 0 Å². The number of benzene rings is 1. The van der Waals surface area contributed by atoms with Crippen molar-refractivity contribution in [1.29, 1.82) is 0 Å². The van der Waals surface area contributed by atoms with Gasteiger partial charge in [-0.25, -0.2) is 0 Å². The number of hydrogen-bond acceptors (Lipinski definition) is 1. The van der Waals surface area contributed by atoms with Crippen LogP contribution in [0.15, 0.2) is 30.3 Å². The van der Waals surface area contributed by atoms with Gasteiger partial charge in [-0.3, -0.25) is 0 Å². The Bertz CT molecular complexity index is 1240. The molecule has 10 aliphatic heterocycles. The number of ketones is 1. The van der Waals surface area contributed by atoms with E-state index in [9.17, 15) is 4.79 Å². The van der Waals surface area contributed by atoms with E-state index in [0.29, 0.717) is 10.1 Å². The Morgan fingerprint density at radius 1 is 0.955 bits per heavy atom. The Labute approximate surface area is 123 Å². The van der Waals surface area contributed by atoms with Gasteiger partial charge in [0.15, 0.2) is 0 Å². The molecule has 0 bridgehead atoms. The van der Waals surface area contributed by atoms with Gasteiger partial charge in [0.05, 0.1) is 0 Å². The third-order valence-electron chi connectivity index (χ3n) is 16.4. The van der Waals surface area contributed by atoms with Crippen LogP contribution >= 0.6 is 11.6 Å². The zero-order valence-corrected chi connectivity index (χ0v) is 13.7. The maximum atomic E-state index is 13.4. The molecule has 22 heavy (non-hydrogen) atoms. The molecule has 3 heteroatoms. The van der Waals surface area contributed by atoms with Crippen molar-refractivity contribution in [2.45, 2.75) is 47.7 Å². The minimum atomic E-state index is -3.22. The topological polar surface area (TPSA) is 17.1 Å². The predicted octanol–water partition coefficient (Wildman–Crippen LogP) is 5.68. The summed E-state index contributed by atoms with van der Waals surface area (Å²) in [6.45, 7) is -3.22. The van der Waals surface area contributed by atoms with E-state index in [1.165, 1.54) is 33.7 Å². The number of hydrogen-bond donors (Lipinski definition) is 0. The number of rotatable bonds is 3. The van der Waals surface area contributed by atoms with Crippen LogP contribution in [-0.2, 0) is 11.3 Å². The first-order chi connectivity index (χ1) is 10.4. The first kappa shape index (κ1) is 9.06. The Balaban J connectivity index is 1.18. The molecule has 10 fully saturated rings. The molecular formula is C19H15ClFeO. The summed E-state index contributed by atoms with van der Waals surface area (Å²) in [5.41, 5.74) is 1.12. The van der Waals surface area contributed by atoms with E-state index in [4.69, 9.17) is 11.6 Å². The molecule has 1 aromatic rings. The summed E-state index contributed by atoms with van der Waals surface area (Å²) in [4.78, 5) is 24.2. The third-order valence-corrected chi connectivity index (χ3v) is 58.9. The van der Waals surface area contributed by atoms with Gasteiger partial charge in [0.25, 0.3) is 0 Å². The van der Waals surface area contributed by atoms with Gasteiger partial charge in [-0.15, -0.1) is 0 Å². The summed E-state index contributed by atoms with van der Waals surface area (Å²) < 4.78 is 0.377. The molecule has 10 heterocycles. The van der Waals surface area contributed by atoms with Crippen molar-refractivity contribution in [2.75, 3.05) is 0 Å². The van der Waals surface area contributed by atoms with E-state index in [0.717, 1.165) is 20.2 Å². The van der Waals surface area contributed by atoms with E-state index in [2.05, 4.69) is 6.08 Å². The van der Waals surface area contributed by atoms with Gasteiger partial charge in [0, 0.05) is 0 Å². The average molecular weight is 351 g/mol. The van der Waals surface area contributed by atoms with Gasteiger partial charge >= 0.3 is 123 Å². The zero-order chi connectivity index (χ0) is 14.0. The van der Waals surface area contributed by atoms with Crippen molar-refractivity contribution >= 4 is 23.5 Å². The van der Waals surface area contributed by atoms with Crippen LogP contribution < -0.4 is 0 Å². The Kier molecular flexibility index (Phi) is 0.372. The number of carbonyl (C=O) groups is 1. The van der Waals surface area contributed by atoms with E-state index in [1.54, 1.807) is 0 Å². The molecule has 1 spiro atoms. The number of allylic oxidation sites excluding steroid dienone is 1. The molecule has 0 N–H and O–H groups in total. The fourth-order valence-corrected chi connectivity index (χ4v) is 91.7. The van der Waals surface area contributed by atoms with Crippen LogP contribution in [0, 0.1) is 0 Å². The fraction of sp³-hybridized carbons (Fsp3) is 0.526. The maximum absolute atomic E-state index is 13.4. The molecule has 1 aromatic carbocycles. The molecule has 4 unspecified atom stereocenters. The van der Waals surface area contributed by atoms with Gasteiger partial charge in [-0.2, -0.15) is 0 Å². The molecule has 0 radical (unpaired) electrons. The molecule has 11 rings (SSSR count). The molecule has 1 nitrogen and oxygen atoms in total. The summed E-state index contributed by atoms with van der Waals surface area (Å²) in [5.74, 6) is 0.606. The molecule has 0 aliphatic carbocycles. The molecule has 10 aliphatic rings. The van der Waals surface area contributed by atoms with Gasteiger partial charge in [-0.05, 0) is 0 Å². The van der Waals surface area contributed by atoms with Crippen molar-refractivity contribution in [3.63, 3.8) is 0 Å². The van der Waals surface area contributed by atoms with E-state index < -0.39 is 6.51 Å². The number of halogens is 1. The Morgan fingerprint density at radius 3 is 1.91 bits per heavy atom. The van der Waals surface area contributed by atoms with Crippen molar-refractivity contribution in [3.8, 4) is 0 Å². The summed E-state index contributed by atoms with van der Waals surface area (Å²) in [6.07, 6.45) is 4.05. The summed E-state index contributed by atoms with van der Waals surface area (Å²) >= 11 is 5.95. The van der Waals surface area contributed by atoms with Crippen LogP contribution in [0.2, 0.25) is 52.7 Å². The van der Waals surface area contributed by atoms with E-state index in [1.807, 2.05) is 30.3 Å². The van der Waals surface area contributed by atoms with Crippen LogP contribution in [0.1, 0.15) is 5.56 Å². The summed E-state index contributed by atoms with van der Waals surface area (Å²) in [7, 11) is 0. The minimum absolute atomic E-state index is 0.377. The molecular weight excluding hydrogens is 336 g/mol. The zero-order valence-electron chi connectivity index (χ0n) is 11.8. The average Bonchev–Trinajstić information content (AvgIpc) is 3.46. The second kappa shape index (κ2) is 0.904. The van der Waals surface area contributed by atoms with Crippen LogP contribution in [0.3, 0.4) is 0 Å². The first-order valence-corrected chi connectivity index (χ1v) is 15.3. The number of carbonyl (C=O) groups excluding carboxylic acids is 1. The van der Waals surface area contributed by atoms with E-state index in [-0.39, 0.29) is 0 Å². The van der Waals surface area contributed by atoms with Crippen molar-refractivity contribution in [3.05, 3.63) is 40.9 Å². The van der Waals surface area contributed by atoms with Crippen LogP contribution in [0.25, 0.3) is 6.08 Å². The molecule has 0 saturated carbocycles. The molecule has 4 atom stereocenters. The Morgan fingerprint density at radius 2 is 1.50 bits per heavy atom. The standard InChI is InChI=1S/C14H10ClO.C5H5.Fe/c15-13-8-5-11(6-9-13)7-10-14(16)12-3-1-2-4-12;1-2-4-5-3-1;/h1-10H;1-5H;. The normalized spacial score (nSPS) is 94.9. The Hall–Kier alpha value is -0.561. The molecule has 0 aromatic heterocycles. The summed E-state index contributed by atoms with van der Waals surface area (Å²) in [5, 5.41) is 0.764. The second-order valence-corrected chi connectivity index (χ2v) is 35.9. The van der Waals surface area contributed by atoms with Crippen molar-refractivity contribution in [2.24, 2.45) is 0 Å². The van der Waals surface area contributed by atoms with Crippen LogP contribution in [-0.4, -0.2) is 5.78 Å². The predicted molar refractivity (Wildman–Crippen MR) is 81.9 cm³/mol. The van der Waals surface area contributed by atoms with Gasteiger partial charge < -0.3 is 0 Å². The quantitative estimate of drug-likeness (QED) is 0.506. The monoisotopic (exact) mass is 350 g/mol. The van der Waals surface area contributed by atoms with Gasteiger partial charge in [0.1, 0.15) is 0 Å². The van der Waals surface area contributed by atoms with Crippen molar-refractivity contribution < 1.29 is 11.3 Å². The molecule has 112 valence electrons. The van der Waals surface area contributed by atoms with Gasteiger partial charge in [-0.1, -0.05) is 0 Å². The summed E-state index contributed by atoms with van der Waals surface area (Å²) in [6, 6.07) is 7.86. The fourth-order valence-electron chi connectivity index (χ4n) is 17.7. The molecule has 10 saturated heterocycles. The second-order valence-electron chi connectivity index (χ2n) is 11.9. The SMILES string of the molecule is O=C(C=Cc1ccc(Cl)cc1)[C]12[CH]3[CH]4[CH]5[CH]1[Fe]45321678[CH]2[CH]1[CH]6[CH]7[CH]28. The van der Waals surface area contributed by atoms with E-state index >= 15 is 0 Å². The molecule has 0 amide bonds. The third kappa shape index (κ3) is 0.121.